The number of anilines is 1. The number of amides is 1. The molecular weight excluding hydrogens is 288 g/mol. The van der Waals surface area contributed by atoms with Crippen molar-refractivity contribution < 1.29 is 4.79 Å². The van der Waals surface area contributed by atoms with Gasteiger partial charge in [-0.25, -0.2) is 0 Å². The number of carbonyl (C=O) groups excluding carboxylic acids is 1. The van der Waals surface area contributed by atoms with Crippen molar-refractivity contribution in [3.8, 4) is 0 Å². The van der Waals surface area contributed by atoms with Gasteiger partial charge < -0.3 is 15.5 Å². The first-order valence-corrected chi connectivity index (χ1v) is 8.44. The summed E-state index contributed by atoms with van der Waals surface area (Å²) in [5.41, 5.74) is 2.17. The van der Waals surface area contributed by atoms with Crippen LogP contribution in [0.25, 0.3) is 0 Å². The summed E-state index contributed by atoms with van der Waals surface area (Å²) in [5, 5.41) is 6.63. The van der Waals surface area contributed by atoms with E-state index in [9.17, 15) is 4.79 Å². The van der Waals surface area contributed by atoms with Crippen LogP contribution in [0.4, 0.5) is 5.69 Å². The van der Waals surface area contributed by atoms with Crippen LogP contribution in [0, 0.1) is 5.92 Å². The van der Waals surface area contributed by atoms with E-state index < -0.39 is 0 Å². The molecule has 1 fully saturated rings. The van der Waals surface area contributed by atoms with Gasteiger partial charge in [0.2, 0.25) is 5.91 Å². The first kappa shape index (κ1) is 17.3. The van der Waals surface area contributed by atoms with E-state index in [0.717, 1.165) is 44.1 Å². The standard InChI is InChI=1S/C18H28N4O/c1-14(2)10-11-20-18(19-3)21-13-15-6-8-16(9-7-15)22-12-4-5-17(22)23/h6-9,14H,4-5,10-13H2,1-3H3,(H2,19,20,21). The summed E-state index contributed by atoms with van der Waals surface area (Å²) in [4.78, 5) is 17.8. The van der Waals surface area contributed by atoms with Crippen LogP contribution in [0.5, 0.6) is 0 Å². The average molecular weight is 316 g/mol. The van der Waals surface area contributed by atoms with Crippen molar-refractivity contribution in [2.75, 3.05) is 25.0 Å². The van der Waals surface area contributed by atoms with Gasteiger partial charge in [0.25, 0.3) is 0 Å². The molecule has 1 aliphatic rings. The van der Waals surface area contributed by atoms with Crippen LogP contribution in [-0.2, 0) is 11.3 Å². The molecule has 1 amide bonds. The van der Waals surface area contributed by atoms with Gasteiger partial charge in [-0.05, 0) is 36.5 Å². The van der Waals surface area contributed by atoms with E-state index >= 15 is 0 Å². The van der Waals surface area contributed by atoms with Crippen LogP contribution >= 0.6 is 0 Å². The molecule has 0 spiro atoms. The Balaban J connectivity index is 1.82. The van der Waals surface area contributed by atoms with Gasteiger partial charge >= 0.3 is 0 Å². The van der Waals surface area contributed by atoms with E-state index in [2.05, 4.69) is 41.6 Å². The fourth-order valence-electron chi connectivity index (χ4n) is 2.60. The number of hydrogen-bond acceptors (Lipinski definition) is 2. The minimum atomic E-state index is 0.227. The van der Waals surface area contributed by atoms with Gasteiger partial charge in [-0.15, -0.1) is 0 Å². The molecule has 0 aliphatic carbocycles. The van der Waals surface area contributed by atoms with E-state index in [0.29, 0.717) is 12.3 Å². The first-order chi connectivity index (χ1) is 11.1. The Kier molecular flexibility index (Phi) is 6.44. The number of aliphatic imine (C=N–C) groups is 1. The zero-order valence-electron chi connectivity index (χ0n) is 14.4. The van der Waals surface area contributed by atoms with Crippen LogP contribution in [0.1, 0.15) is 38.7 Å². The molecule has 5 heteroatoms. The lowest BCUT2D eigenvalue weighted by Crippen LogP contribution is -2.37. The molecule has 1 saturated heterocycles. The Hall–Kier alpha value is -2.04. The van der Waals surface area contributed by atoms with Crippen LogP contribution in [-0.4, -0.2) is 32.0 Å². The highest BCUT2D eigenvalue weighted by Gasteiger charge is 2.21. The fourth-order valence-corrected chi connectivity index (χ4v) is 2.60. The van der Waals surface area contributed by atoms with Gasteiger partial charge in [-0.1, -0.05) is 26.0 Å². The van der Waals surface area contributed by atoms with Gasteiger partial charge in [0, 0.05) is 38.8 Å². The Labute approximate surface area is 139 Å². The second kappa shape index (κ2) is 8.56. The van der Waals surface area contributed by atoms with E-state index in [1.165, 1.54) is 5.56 Å². The van der Waals surface area contributed by atoms with Gasteiger partial charge in [0.05, 0.1) is 0 Å². The number of guanidine groups is 1. The van der Waals surface area contributed by atoms with Crippen molar-refractivity contribution in [3.05, 3.63) is 29.8 Å². The summed E-state index contributed by atoms with van der Waals surface area (Å²) < 4.78 is 0. The molecule has 23 heavy (non-hydrogen) atoms. The quantitative estimate of drug-likeness (QED) is 0.626. The minimum Gasteiger partial charge on any atom is -0.356 e. The zero-order chi connectivity index (χ0) is 16.7. The number of nitrogens with one attached hydrogen (secondary N) is 2. The number of rotatable bonds is 6. The lowest BCUT2D eigenvalue weighted by molar-refractivity contribution is -0.117. The number of carbonyl (C=O) groups is 1. The van der Waals surface area contributed by atoms with Gasteiger partial charge in [0.1, 0.15) is 0 Å². The fraction of sp³-hybridized carbons (Fsp3) is 0.556. The van der Waals surface area contributed by atoms with Crippen molar-refractivity contribution in [3.63, 3.8) is 0 Å². The summed E-state index contributed by atoms with van der Waals surface area (Å²) >= 11 is 0. The molecule has 0 saturated carbocycles. The SMILES string of the molecule is CN=C(NCCC(C)C)NCc1ccc(N2CCCC2=O)cc1. The topological polar surface area (TPSA) is 56.7 Å². The molecule has 1 aliphatic heterocycles. The van der Waals surface area contributed by atoms with Crippen LogP contribution in [0.15, 0.2) is 29.3 Å². The second-order valence-electron chi connectivity index (χ2n) is 6.35. The molecular formula is C18H28N4O. The summed E-state index contributed by atoms with van der Waals surface area (Å²) in [6, 6.07) is 8.18. The third-order valence-corrected chi connectivity index (χ3v) is 4.02. The summed E-state index contributed by atoms with van der Waals surface area (Å²) in [5.74, 6) is 1.73. The summed E-state index contributed by atoms with van der Waals surface area (Å²) in [6.07, 6.45) is 2.75. The predicted octanol–water partition coefficient (Wildman–Crippen LogP) is 2.52. The number of nitrogens with zero attached hydrogens (tertiary/aromatic N) is 2. The van der Waals surface area contributed by atoms with E-state index in [1.807, 2.05) is 17.0 Å². The predicted molar refractivity (Wildman–Crippen MR) is 95.7 cm³/mol. The van der Waals surface area contributed by atoms with E-state index in [-0.39, 0.29) is 5.91 Å². The van der Waals surface area contributed by atoms with Gasteiger partial charge in [-0.3, -0.25) is 9.79 Å². The highest BCUT2D eigenvalue weighted by Crippen LogP contribution is 2.21. The number of hydrogen-bond donors (Lipinski definition) is 2. The zero-order valence-corrected chi connectivity index (χ0v) is 14.4. The molecule has 0 unspecified atom stereocenters. The van der Waals surface area contributed by atoms with Crippen LogP contribution in [0.2, 0.25) is 0 Å². The molecule has 2 rings (SSSR count). The van der Waals surface area contributed by atoms with Crippen molar-refractivity contribution in [2.24, 2.45) is 10.9 Å². The maximum atomic E-state index is 11.8. The lowest BCUT2D eigenvalue weighted by atomic mass is 10.1. The van der Waals surface area contributed by atoms with Crippen molar-refractivity contribution in [2.45, 2.75) is 39.7 Å². The molecule has 2 N–H and O–H groups in total. The number of benzene rings is 1. The van der Waals surface area contributed by atoms with Crippen molar-refractivity contribution in [1.29, 1.82) is 0 Å². The molecule has 0 bridgehead atoms. The first-order valence-electron chi connectivity index (χ1n) is 8.44. The van der Waals surface area contributed by atoms with E-state index in [1.54, 1.807) is 7.05 Å². The molecule has 5 nitrogen and oxygen atoms in total. The van der Waals surface area contributed by atoms with Crippen molar-refractivity contribution in [1.82, 2.24) is 10.6 Å². The average Bonchev–Trinajstić information content (AvgIpc) is 2.97. The van der Waals surface area contributed by atoms with E-state index in [4.69, 9.17) is 0 Å². The molecule has 0 atom stereocenters. The molecule has 1 heterocycles. The minimum absolute atomic E-state index is 0.227. The van der Waals surface area contributed by atoms with Gasteiger partial charge in [-0.2, -0.15) is 0 Å². The maximum Gasteiger partial charge on any atom is 0.227 e. The summed E-state index contributed by atoms with van der Waals surface area (Å²) in [6.45, 7) is 6.90. The maximum absolute atomic E-state index is 11.8. The Morgan fingerprint density at radius 1 is 1.26 bits per heavy atom. The Morgan fingerprint density at radius 3 is 2.57 bits per heavy atom. The smallest absolute Gasteiger partial charge is 0.227 e. The molecule has 126 valence electrons. The third-order valence-electron chi connectivity index (χ3n) is 4.02. The molecule has 0 aromatic heterocycles. The van der Waals surface area contributed by atoms with Crippen LogP contribution < -0.4 is 15.5 Å². The van der Waals surface area contributed by atoms with Crippen molar-refractivity contribution >= 4 is 17.6 Å². The van der Waals surface area contributed by atoms with Crippen LogP contribution in [0.3, 0.4) is 0 Å². The lowest BCUT2D eigenvalue weighted by Gasteiger charge is -2.16. The Bertz CT molecular complexity index is 536. The highest BCUT2D eigenvalue weighted by molar-refractivity contribution is 5.95. The largest absolute Gasteiger partial charge is 0.356 e. The molecule has 0 radical (unpaired) electrons. The highest BCUT2D eigenvalue weighted by atomic mass is 16.2. The molecule has 1 aromatic rings. The second-order valence-corrected chi connectivity index (χ2v) is 6.35. The monoisotopic (exact) mass is 316 g/mol. The summed E-state index contributed by atoms with van der Waals surface area (Å²) in [7, 11) is 1.78. The Morgan fingerprint density at radius 2 is 2.00 bits per heavy atom. The normalized spacial score (nSPS) is 15.4. The van der Waals surface area contributed by atoms with Gasteiger partial charge in [0.15, 0.2) is 5.96 Å². The third kappa shape index (κ3) is 5.27. The molecule has 1 aromatic carbocycles.